The minimum atomic E-state index is -3.48. The summed E-state index contributed by atoms with van der Waals surface area (Å²) in [4.78, 5) is 23.5. The fourth-order valence-electron chi connectivity index (χ4n) is 2.12. The first-order valence-corrected chi connectivity index (χ1v) is 8.55. The molecule has 0 bridgehead atoms. The first-order chi connectivity index (χ1) is 10.2. The van der Waals surface area contributed by atoms with E-state index in [0.29, 0.717) is 0 Å². The molecule has 1 saturated carbocycles. The van der Waals surface area contributed by atoms with Gasteiger partial charge in [-0.1, -0.05) is 0 Å². The van der Waals surface area contributed by atoms with Gasteiger partial charge in [0.2, 0.25) is 0 Å². The molecule has 120 valence electrons. The molecule has 0 radical (unpaired) electrons. The number of ether oxygens (including phenoxy) is 1. The third-order valence-corrected chi connectivity index (χ3v) is 4.60. The molecule has 0 aromatic heterocycles. The number of hydrogen-bond donors (Lipinski definition) is 2. The van der Waals surface area contributed by atoms with Gasteiger partial charge in [-0.05, 0) is 37.0 Å². The minimum absolute atomic E-state index is 0.00248. The van der Waals surface area contributed by atoms with Crippen LogP contribution in [0.15, 0.2) is 23.1 Å². The Morgan fingerprint density at radius 1 is 1.36 bits per heavy atom. The molecule has 1 amide bonds. The van der Waals surface area contributed by atoms with Crippen LogP contribution in [0.3, 0.4) is 0 Å². The van der Waals surface area contributed by atoms with Crippen molar-refractivity contribution in [2.45, 2.75) is 23.8 Å². The van der Waals surface area contributed by atoms with E-state index < -0.39 is 27.8 Å². The summed E-state index contributed by atoms with van der Waals surface area (Å²) in [6.07, 6.45) is 2.52. The Hall–Kier alpha value is -2.09. The number of rotatable bonds is 6. The van der Waals surface area contributed by atoms with Crippen LogP contribution in [-0.2, 0) is 14.6 Å². The first-order valence-electron chi connectivity index (χ1n) is 6.66. The number of carboxylic acids is 1. The lowest BCUT2D eigenvalue weighted by Gasteiger charge is -2.15. The van der Waals surface area contributed by atoms with Gasteiger partial charge in [0.25, 0.3) is 5.91 Å². The third kappa shape index (κ3) is 3.56. The van der Waals surface area contributed by atoms with Gasteiger partial charge in [-0.25, -0.2) is 13.2 Å². The van der Waals surface area contributed by atoms with Gasteiger partial charge in [0.1, 0.15) is 11.8 Å². The Morgan fingerprint density at radius 2 is 2.00 bits per heavy atom. The fourth-order valence-corrected chi connectivity index (χ4v) is 2.77. The number of aliphatic carboxylic acids is 1. The molecule has 1 aliphatic rings. The zero-order valence-corrected chi connectivity index (χ0v) is 13.0. The van der Waals surface area contributed by atoms with Crippen molar-refractivity contribution in [2.75, 3.05) is 13.4 Å². The Balaban J connectivity index is 2.33. The molecular formula is C14H17NO6S. The van der Waals surface area contributed by atoms with E-state index in [1.165, 1.54) is 25.3 Å². The van der Waals surface area contributed by atoms with Crippen molar-refractivity contribution < 1.29 is 27.9 Å². The normalized spacial score (nSPS) is 15.9. The maximum absolute atomic E-state index is 12.3. The Morgan fingerprint density at radius 3 is 2.45 bits per heavy atom. The summed E-state index contributed by atoms with van der Waals surface area (Å²) in [6.45, 7) is 0. The number of benzene rings is 1. The van der Waals surface area contributed by atoms with Crippen LogP contribution in [0.4, 0.5) is 0 Å². The van der Waals surface area contributed by atoms with Crippen molar-refractivity contribution in [1.82, 2.24) is 5.32 Å². The molecule has 1 atom stereocenters. The number of sulfone groups is 1. The number of carbonyl (C=O) groups excluding carboxylic acids is 1. The molecule has 0 aliphatic heterocycles. The molecule has 1 aromatic rings. The molecule has 2 rings (SSSR count). The number of amides is 1. The molecule has 0 heterocycles. The van der Waals surface area contributed by atoms with Crippen LogP contribution >= 0.6 is 0 Å². The lowest BCUT2D eigenvalue weighted by Crippen LogP contribution is -2.42. The van der Waals surface area contributed by atoms with E-state index in [1.807, 2.05) is 0 Å². The highest BCUT2D eigenvalue weighted by molar-refractivity contribution is 7.90. The van der Waals surface area contributed by atoms with Gasteiger partial charge < -0.3 is 15.2 Å². The van der Waals surface area contributed by atoms with Crippen molar-refractivity contribution in [2.24, 2.45) is 5.92 Å². The fraction of sp³-hybridized carbons (Fsp3) is 0.429. The Labute approximate surface area is 128 Å². The van der Waals surface area contributed by atoms with Gasteiger partial charge in [-0.3, -0.25) is 4.79 Å². The van der Waals surface area contributed by atoms with Crippen molar-refractivity contribution in [1.29, 1.82) is 0 Å². The SMILES string of the molecule is COc1ccc(S(C)(=O)=O)cc1C(=O)NC(C(=O)O)C1CC1. The van der Waals surface area contributed by atoms with Crippen LogP contribution in [0.1, 0.15) is 23.2 Å². The summed E-state index contributed by atoms with van der Waals surface area (Å²) in [5.41, 5.74) is -0.00248. The second-order valence-corrected chi connectivity index (χ2v) is 7.28. The molecular weight excluding hydrogens is 310 g/mol. The monoisotopic (exact) mass is 327 g/mol. The first kappa shape index (κ1) is 16.3. The second-order valence-electron chi connectivity index (χ2n) is 5.26. The molecule has 1 aliphatic carbocycles. The van der Waals surface area contributed by atoms with Crippen molar-refractivity contribution in [3.8, 4) is 5.75 Å². The van der Waals surface area contributed by atoms with Crippen LogP contribution in [-0.4, -0.2) is 44.8 Å². The highest BCUT2D eigenvalue weighted by atomic mass is 32.2. The smallest absolute Gasteiger partial charge is 0.326 e. The van der Waals surface area contributed by atoms with E-state index in [-0.39, 0.29) is 22.1 Å². The van der Waals surface area contributed by atoms with E-state index in [4.69, 9.17) is 9.84 Å². The highest BCUT2D eigenvalue weighted by Gasteiger charge is 2.37. The quantitative estimate of drug-likeness (QED) is 0.795. The van der Waals surface area contributed by atoms with Crippen LogP contribution in [0, 0.1) is 5.92 Å². The lowest BCUT2D eigenvalue weighted by atomic mass is 10.1. The number of methoxy groups -OCH3 is 1. The molecule has 7 nitrogen and oxygen atoms in total. The maximum atomic E-state index is 12.3. The largest absolute Gasteiger partial charge is 0.496 e. The summed E-state index contributed by atoms with van der Waals surface area (Å²) in [7, 11) is -2.14. The van der Waals surface area contributed by atoms with Crippen LogP contribution in [0.25, 0.3) is 0 Å². The number of carbonyl (C=O) groups is 2. The molecule has 1 fully saturated rings. The zero-order valence-electron chi connectivity index (χ0n) is 12.2. The van der Waals surface area contributed by atoms with Gasteiger partial charge in [-0.2, -0.15) is 0 Å². The lowest BCUT2D eigenvalue weighted by molar-refractivity contribution is -0.139. The molecule has 0 spiro atoms. The van der Waals surface area contributed by atoms with E-state index >= 15 is 0 Å². The minimum Gasteiger partial charge on any atom is -0.496 e. The average Bonchev–Trinajstić information content (AvgIpc) is 3.26. The molecule has 1 aromatic carbocycles. The van der Waals surface area contributed by atoms with Crippen molar-refractivity contribution in [3.05, 3.63) is 23.8 Å². The van der Waals surface area contributed by atoms with E-state index in [9.17, 15) is 18.0 Å². The Kier molecular flexibility index (Phi) is 4.41. The molecule has 8 heteroatoms. The highest BCUT2D eigenvalue weighted by Crippen LogP contribution is 2.33. The van der Waals surface area contributed by atoms with Crippen molar-refractivity contribution in [3.63, 3.8) is 0 Å². The summed E-state index contributed by atoms with van der Waals surface area (Å²) < 4.78 is 28.2. The number of carboxylic acid groups (broad SMARTS) is 1. The van der Waals surface area contributed by atoms with Gasteiger partial charge in [0.05, 0.1) is 17.6 Å². The van der Waals surface area contributed by atoms with Crippen molar-refractivity contribution >= 4 is 21.7 Å². The average molecular weight is 327 g/mol. The predicted molar refractivity (Wildman–Crippen MR) is 77.7 cm³/mol. The predicted octanol–water partition coefficient (Wildman–Crippen LogP) is 0.692. The maximum Gasteiger partial charge on any atom is 0.326 e. The summed E-state index contributed by atoms with van der Waals surface area (Å²) in [6, 6.07) is 2.92. The van der Waals surface area contributed by atoms with E-state index in [1.54, 1.807) is 0 Å². The van der Waals surface area contributed by atoms with Gasteiger partial charge in [0.15, 0.2) is 9.84 Å². The van der Waals surface area contributed by atoms with Crippen LogP contribution in [0.5, 0.6) is 5.75 Å². The number of nitrogens with one attached hydrogen (secondary N) is 1. The summed E-state index contributed by atoms with van der Waals surface area (Å²) in [5.74, 6) is -1.66. The summed E-state index contributed by atoms with van der Waals surface area (Å²) >= 11 is 0. The topological polar surface area (TPSA) is 110 Å². The molecule has 1 unspecified atom stereocenters. The third-order valence-electron chi connectivity index (χ3n) is 3.49. The Bertz CT molecular complexity index is 708. The molecule has 0 saturated heterocycles. The second kappa shape index (κ2) is 5.96. The van der Waals surface area contributed by atoms with Gasteiger partial charge in [-0.15, -0.1) is 0 Å². The van der Waals surface area contributed by atoms with E-state index in [0.717, 1.165) is 19.1 Å². The van der Waals surface area contributed by atoms with Crippen LogP contribution < -0.4 is 10.1 Å². The van der Waals surface area contributed by atoms with E-state index in [2.05, 4.69) is 5.32 Å². The number of hydrogen-bond acceptors (Lipinski definition) is 5. The van der Waals surface area contributed by atoms with Crippen LogP contribution in [0.2, 0.25) is 0 Å². The zero-order chi connectivity index (χ0) is 16.5. The standard InChI is InChI=1S/C14H17NO6S/c1-21-11-6-5-9(22(2,19)20)7-10(11)13(16)15-12(14(17)18)8-3-4-8/h5-8,12H,3-4H2,1-2H3,(H,15,16)(H,17,18). The molecule has 22 heavy (non-hydrogen) atoms. The summed E-state index contributed by atoms with van der Waals surface area (Å²) in [5, 5.41) is 11.6. The van der Waals surface area contributed by atoms with Gasteiger partial charge >= 0.3 is 5.97 Å². The van der Waals surface area contributed by atoms with Gasteiger partial charge in [0, 0.05) is 6.26 Å². The molecule has 2 N–H and O–H groups in total.